The molecule has 0 atom stereocenters. The van der Waals surface area contributed by atoms with Gasteiger partial charge >= 0.3 is 5.97 Å². The molecule has 4 heteroatoms. The lowest BCUT2D eigenvalue weighted by Gasteiger charge is -2.04. The molecule has 0 amide bonds. The first kappa shape index (κ1) is 12.4. The van der Waals surface area contributed by atoms with Gasteiger partial charge in [0.1, 0.15) is 5.78 Å². The lowest BCUT2D eigenvalue weighted by Crippen LogP contribution is -2.07. The summed E-state index contributed by atoms with van der Waals surface area (Å²) in [6, 6.07) is 3.01. The van der Waals surface area contributed by atoms with Gasteiger partial charge in [-0.2, -0.15) is 0 Å². The van der Waals surface area contributed by atoms with Gasteiger partial charge in [-0.15, -0.1) is 0 Å². The van der Waals surface area contributed by atoms with Crippen molar-refractivity contribution in [2.75, 3.05) is 0 Å². The van der Waals surface area contributed by atoms with Crippen molar-refractivity contribution in [3.63, 3.8) is 0 Å². The highest BCUT2D eigenvalue weighted by Gasteiger charge is 2.09. The van der Waals surface area contributed by atoms with Gasteiger partial charge in [-0.25, -0.2) is 4.79 Å². The van der Waals surface area contributed by atoms with Crippen LogP contribution in [0, 0.1) is 0 Å². The highest BCUT2D eigenvalue weighted by molar-refractivity contribution is 5.88. The van der Waals surface area contributed by atoms with E-state index >= 15 is 0 Å². The molecule has 0 aliphatic rings. The molecule has 0 saturated heterocycles. The monoisotopic (exact) mass is 221 g/mol. The van der Waals surface area contributed by atoms with Crippen LogP contribution in [0.25, 0.3) is 0 Å². The van der Waals surface area contributed by atoms with Crippen LogP contribution in [-0.2, 0) is 17.6 Å². The van der Waals surface area contributed by atoms with Crippen LogP contribution in [0.1, 0.15) is 42.0 Å². The Kier molecular flexibility index (Phi) is 4.17. The number of aromatic carboxylic acids is 1. The summed E-state index contributed by atoms with van der Waals surface area (Å²) < 4.78 is 0. The Balaban J connectivity index is 3.04. The zero-order valence-electron chi connectivity index (χ0n) is 9.49. The zero-order chi connectivity index (χ0) is 12.1. The summed E-state index contributed by atoms with van der Waals surface area (Å²) in [5, 5.41) is 8.91. The number of Topliss-reactive ketones (excluding diaryl/α,β-unsaturated/α-hetero) is 1. The first-order chi connectivity index (χ1) is 7.56. The zero-order valence-corrected chi connectivity index (χ0v) is 9.49. The Morgan fingerprint density at radius 3 is 2.38 bits per heavy atom. The summed E-state index contributed by atoms with van der Waals surface area (Å²) in [6.07, 6.45) is 1.32. The van der Waals surface area contributed by atoms with Crippen LogP contribution >= 0.6 is 0 Å². The van der Waals surface area contributed by atoms with E-state index in [4.69, 9.17) is 5.11 Å². The minimum absolute atomic E-state index is 0.0668. The van der Waals surface area contributed by atoms with Gasteiger partial charge < -0.3 is 5.11 Å². The smallest absolute Gasteiger partial charge is 0.335 e. The second-order valence-corrected chi connectivity index (χ2v) is 3.57. The summed E-state index contributed by atoms with van der Waals surface area (Å²) in [5.74, 6) is -0.917. The number of aromatic nitrogens is 1. The lowest BCUT2D eigenvalue weighted by atomic mass is 10.1. The molecule has 86 valence electrons. The van der Waals surface area contributed by atoms with Crippen LogP contribution in [0.15, 0.2) is 12.1 Å². The molecule has 0 aromatic carbocycles. The van der Waals surface area contributed by atoms with Gasteiger partial charge in [-0.3, -0.25) is 9.78 Å². The molecule has 0 aliphatic heterocycles. The van der Waals surface area contributed by atoms with E-state index in [0.29, 0.717) is 24.2 Å². The van der Waals surface area contributed by atoms with Crippen molar-refractivity contribution in [1.82, 2.24) is 4.98 Å². The van der Waals surface area contributed by atoms with Gasteiger partial charge in [0, 0.05) is 24.2 Å². The number of aryl methyl sites for hydroxylation is 1. The van der Waals surface area contributed by atoms with Gasteiger partial charge in [-0.05, 0) is 18.6 Å². The van der Waals surface area contributed by atoms with Crippen LogP contribution in [-0.4, -0.2) is 21.8 Å². The number of nitrogens with zero attached hydrogens (tertiary/aromatic N) is 1. The summed E-state index contributed by atoms with van der Waals surface area (Å²) in [6.45, 7) is 3.68. The third-order valence-electron chi connectivity index (χ3n) is 2.31. The second-order valence-electron chi connectivity index (χ2n) is 3.57. The average molecular weight is 221 g/mol. The maximum atomic E-state index is 11.3. The number of pyridine rings is 1. The molecule has 1 aromatic heterocycles. The first-order valence-electron chi connectivity index (χ1n) is 5.31. The van der Waals surface area contributed by atoms with Gasteiger partial charge in [-0.1, -0.05) is 13.8 Å². The number of carbonyl (C=O) groups excluding carboxylic acids is 1. The molecule has 0 radical (unpaired) electrons. The van der Waals surface area contributed by atoms with Gasteiger partial charge in [0.2, 0.25) is 0 Å². The van der Waals surface area contributed by atoms with E-state index in [1.54, 1.807) is 13.0 Å². The predicted octanol–water partition coefficient (Wildman–Crippen LogP) is 1.86. The number of carbonyl (C=O) groups is 2. The molecule has 0 saturated carbocycles. The molecule has 0 spiro atoms. The van der Waals surface area contributed by atoms with Crippen LogP contribution in [0.5, 0.6) is 0 Å². The van der Waals surface area contributed by atoms with E-state index in [2.05, 4.69) is 4.98 Å². The molecule has 0 fully saturated rings. The standard InChI is InChI=1S/C12H15NO3/c1-3-9-5-8(12(15)16)6-10(13-9)7-11(14)4-2/h5-6H,3-4,7H2,1-2H3,(H,15,16). The SMILES string of the molecule is CCC(=O)Cc1cc(C(=O)O)cc(CC)n1. The van der Waals surface area contributed by atoms with Gasteiger partial charge in [0.05, 0.1) is 5.56 Å². The third kappa shape index (κ3) is 3.15. The Labute approximate surface area is 94.3 Å². The van der Waals surface area contributed by atoms with Crippen molar-refractivity contribution in [3.05, 3.63) is 29.1 Å². The van der Waals surface area contributed by atoms with E-state index in [1.165, 1.54) is 6.07 Å². The first-order valence-corrected chi connectivity index (χ1v) is 5.31. The maximum Gasteiger partial charge on any atom is 0.335 e. The fourth-order valence-electron chi connectivity index (χ4n) is 1.37. The molecule has 1 heterocycles. The number of ketones is 1. The van der Waals surface area contributed by atoms with Crippen LogP contribution in [0.3, 0.4) is 0 Å². The van der Waals surface area contributed by atoms with Crippen molar-refractivity contribution in [3.8, 4) is 0 Å². The minimum Gasteiger partial charge on any atom is -0.478 e. The fourth-order valence-corrected chi connectivity index (χ4v) is 1.37. The molecule has 16 heavy (non-hydrogen) atoms. The largest absolute Gasteiger partial charge is 0.478 e. The van der Waals surface area contributed by atoms with E-state index in [0.717, 1.165) is 0 Å². The van der Waals surface area contributed by atoms with Crippen molar-refractivity contribution in [2.45, 2.75) is 33.1 Å². The molecule has 0 unspecified atom stereocenters. The molecule has 0 aliphatic carbocycles. The van der Waals surface area contributed by atoms with Gasteiger partial charge in [0.15, 0.2) is 0 Å². The molecule has 1 aromatic rings. The average Bonchev–Trinajstić information content (AvgIpc) is 2.28. The van der Waals surface area contributed by atoms with E-state index in [9.17, 15) is 9.59 Å². The van der Waals surface area contributed by atoms with Crippen molar-refractivity contribution >= 4 is 11.8 Å². The number of hydrogen-bond donors (Lipinski definition) is 1. The lowest BCUT2D eigenvalue weighted by molar-refractivity contribution is -0.118. The molecular formula is C12H15NO3. The summed E-state index contributed by atoms with van der Waals surface area (Å²) in [4.78, 5) is 26.4. The summed E-state index contributed by atoms with van der Waals surface area (Å²) in [7, 11) is 0. The van der Waals surface area contributed by atoms with Crippen LogP contribution in [0.2, 0.25) is 0 Å². The van der Waals surface area contributed by atoms with Crippen LogP contribution < -0.4 is 0 Å². The molecule has 4 nitrogen and oxygen atoms in total. The minimum atomic E-state index is -0.984. The number of carboxylic acid groups (broad SMARTS) is 1. The fraction of sp³-hybridized carbons (Fsp3) is 0.417. The number of hydrogen-bond acceptors (Lipinski definition) is 3. The summed E-state index contributed by atoms with van der Waals surface area (Å²) in [5.41, 5.74) is 1.45. The predicted molar refractivity (Wildman–Crippen MR) is 59.6 cm³/mol. The normalized spacial score (nSPS) is 10.1. The van der Waals surface area contributed by atoms with Crippen molar-refractivity contribution < 1.29 is 14.7 Å². The summed E-state index contributed by atoms with van der Waals surface area (Å²) >= 11 is 0. The quantitative estimate of drug-likeness (QED) is 0.824. The van der Waals surface area contributed by atoms with E-state index in [1.807, 2.05) is 6.92 Å². The molecule has 0 bridgehead atoms. The molecular weight excluding hydrogens is 206 g/mol. The Morgan fingerprint density at radius 1 is 1.25 bits per heavy atom. The topological polar surface area (TPSA) is 67.3 Å². The Morgan fingerprint density at radius 2 is 1.88 bits per heavy atom. The van der Waals surface area contributed by atoms with Gasteiger partial charge in [0.25, 0.3) is 0 Å². The highest BCUT2D eigenvalue weighted by atomic mass is 16.4. The highest BCUT2D eigenvalue weighted by Crippen LogP contribution is 2.09. The Hall–Kier alpha value is -1.71. The molecule has 1 N–H and O–H groups in total. The maximum absolute atomic E-state index is 11.3. The van der Waals surface area contributed by atoms with Crippen LogP contribution in [0.4, 0.5) is 0 Å². The number of rotatable bonds is 5. The van der Waals surface area contributed by atoms with Crippen molar-refractivity contribution in [1.29, 1.82) is 0 Å². The second kappa shape index (κ2) is 5.39. The number of carboxylic acids is 1. The third-order valence-corrected chi connectivity index (χ3v) is 2.31. The van der Waals surface area contributed by atoms with Crippen molar-refractivity contribution in [2.24, 2.45) is 0 Å². The van der Waals surface area contributed by atoms with E-state index in [-0.39, 0.29) is 17.8 Å². The molecule has 1 rings (SSSR count). The Bertz CT molecular complexity index is 413. The van der Waals surface area contributed by atoms with E-state index < -0.39 is 5.97 Å².